The summed E-state index contributed by atoms with van der Waals surface area (Å²) in [5.74, 6) is -0.180. The number of aliphatic imine (C=N–C) groups is 1. The van der Waals surface area contributed by atoms with Gasteiger partial charge >= 0.3 is 5.97 Å². The van der Waals surface area contributed by atoms with Gasteiger partial charge in [-0.15, -0.1) is 0 Å². The van der Waals surface area contributed by atoms with Crippen LogP contribution in [0.25, 0.3) is 6.08 Å². The van der Waals surface area contributed by atoms with E-state index in [1.54, 1.807) is 63.6 Å². The van der Waals surface area contributed by atoms with Gasteiger partial charge in [-0.05, 0) is 94.9 Å². The molecule has 0 spiro atoms. The number of carbonyl (C=O) groups excluding carboxylic acids is 1. The Hall–Kier alpha value is -2.73. The van der Waals surface area contributed by atoms with E-state index in [9.17, 15) is 14.7 Å². The molecule has 1 aliphatic heterocycles. The Kier molecular flexibility index (Phi) is 8.92. The average Bonchev–Trinajstić information content (AvgIpc) is 3.12. The third-order valence-corrected chi connectivity index (χ3v) is 8.14. The lowest BCUT2D eigenvalue weighted by Gasteiger charge is -2.14. The summed E-state index contributed by atoms with van der Waals surface area (Å²) < 4.78 is 12.4. The predicted molar refractivity (Wildman–Crippen MR) is 160 cm³/mol. The lowest BCUT2D eigenvalue weighted by atomic mass is 10.1. The van der Waals surface area contributed by atoms with Gasteiger partial charge in [0.25, 0.3) is 5.91 Å². The highest BCUT2D eigenvalue weighted by molar-refractivity contribution is 14.1. The molecular weight excluding hydrogens is 662 g/mol. The van der Waals surface area contributed by atoms with E-state index < -0.39 is 5.97 Å². The highest BCUT2D eigenvalue weighted by Crippen LogP contribution is 2.38. The molecule has 0 unspecified atom stereocenters. The van der Waals surface area contributed by atoms with E-state index in [-0.39, 0.29) is 18.1 Å². The van der Waals surface area contributed by atoms with Crippen molar-refractivity contribution in [3.63, 3.8) is 0 Å². The largest absolute Gasteiger partial charge is 0.493 e. The first-order valence-electron chi connectivity index (χ1n) is 11.1. The molecule has 1 N–H and O–H groups in total. The highest BCUT2D eigenvalue weighted by Gasteiger charge is 2.31. The van der Waals surface area contributed by atoms with Gasteiger partial charge in [0, 0.05) is 22.7 Å². The molecule has 0 aliphatic carbocycles. The Bertz CT molecular complexity index is 1510. The van der Waals surface area contributed by atoms with Crippen LogP contribution in [-0.2, 0) is 11.4 Å². The monoisotopic (exact) mass is 682 g/mol. The normalized spacial score (nSPS) is 15.4. The van der Waals surface area contributed by atoms with Gasteiger partial charge in [0.15, 0.2) is 16.7 Å². The number of hydrogen-bond donors (Lipinski definition) is 1. The quantitative estimate of drug-likeness (QED) is 0.206. The molecular formula is C27H21Cl2IN2O5S. The van der Waals surface area contributed by atoms with Gasteiger partial charge in [-0.1, -0.05) is 35.3 Å². The number of carboxylic acids is 1. The number of thioether (sulfide) groups is 1. The van der Waals surface area contributed by atoms with Crippen molar-refractivity contribution in [2.75, 3.05) is 14.2 Å². The molecule has 0 atom stereocenters. The molecule has 0 bridgehead atoms. The Morgan fingerprint density at radius 2 is 1.97 bits per heavy atom. The summed E-state index contributed by atoms with van der Waals surface area (Å²) >= 11 is 15.6. The zero-order valence-corrected chi connectivity index (χ0v) is 24.9. The maximum absolute atomic E-state index is 13.0. The number of aromatic carboxylic acids is 1. The Morgan fingerprint density at radius 3 is 2.66 bits per heavy atom. The van der Waals surface area contributed by atoms with Gasteiger partial charge in [-0.2, -0.15) is 0 Å². The molecule has 3 aromatic rings. The van der Waals surface area contributed by atoms with Crippen LogP contribution in [0.3, 0.4) is 0 Å². The van der Waals surface area contributed by atoms with Crippen LogP contribution < -0.4 is 9.47 Å². The van der Waals surface area contributed by atoms with Crippen molar-refractivity contribution >= 4 is 86.4 Å². The average molecular weight is 683 g/mol. The van der Waals surface area contributed by atoms with Crippen LogP contribution >= 0.6 is 57.6 Å². The third-order valence-electron chi connectivity index (χ3n) is 5.69. The number of benzene rings is 3. The molecule has 1 aliphatic rings. The number of likely N-dealkylation sites (N-methyl/N-ethyl adjacent to an activating group) is 1. The standard InChI is InChI=1S/C27H21Cl2IN2O5S/c1-14-18(26(34)35)5-4-6-21(14)31-27-32(2)25(33)23(38-27)11-15-9-20(30)24(22(10-15)36-3)37-13-16-7-8-17(28)12-19(16)29/h4-12H,13H2,1-3H3,(H,34,35)/b23-11-,31-27?. The SMILES string of the molecule is COc1cc(/C=C2\SC(=Nc3cccc(C(=O)O)c3C)N(C)C2=O)cc(I)c1OCc1ccc(Cl)cc1Cl. The summed E-state index contributed by atoms with van der Waals surface area (Å²) in [4.78, 5) is 30.9. The van der Waals surface area contributed by atoms with E-state index in [0.29, 0.717) is 42.9 Å². The molecule has 0 aromatic heterocycles. The van der Waals surface area contributed by atoms with Crippen LogP contribution in [0.4, 0.5) is 5.69 Å². The van der Waals surface area contributed by atoms with Crippen LogP contribution in [0.1, 0.15) is 27.0 Å². The van der Waals surface area contributed by atoms with Crippen molar-refractivity contribution in [1.29, 1.82) is 0 Å². The third kappa shape index (κ3) is 6.12. The molecule has 38 heavy (non-hydrogen) atoms. The minimum atomic E-state index is -1.03. The number of carbonyl (C=O) groups is 2. The second-order valence-electron chi connectivity index (χ2n) is 8.18. The van der Waals surface area contributed by atoms with E-state index in [2.05, 4.69) is 27.6 Å². The van der Waals surface area contributed by atoms with Gasteiger partial charge < -0.3 is 14.6 Å². The van der Waals surface area contributed by atoms with Crippen molar-refractivity contribution in [1.82, 2.24) is 4.90 Å². The number of methoxy groups -OCH3 is 1. The van der Waals surface area contributed by atoms with Crippen molar-refractivity contribution in [3.8, 4) is 11.5 Å². The van der Waals surface area contributed by atoms with Gasteiger partial charge in [0.2, 0.25) is 0 Å². The second-order valence-corrected chi connectivity index (χ2v) is 11.2. The van der Waals surface area contributed by atoms with Crippen LogP contribution in [0, 0.1) is 10.5 Å². The van der Waals surface area contributed by atoms with Crippen molar-refractivity contribution in [2.45, 2.75) is 13.5 Å². The number of amides is 1. The molecule has 4 rings (SSSR count). The molecule has 1 saturated heterocycles. The first-order valence-corrected chi connectivity index (χ1v) is 13.8. The van der Waals surface area contributed by atoms with Crippen molar-refractivity contribution < 1.29 is 24.2 Å². The van der Waals surface area contributed by atoms with Gasteiger partial charge in [0.05, 0.1) is 26.8 Å². The number of halogens is 3. The van der Waals surface area contributed by atoms with Crippen LogP contribution in [0.2, 0.25) is 10.0 Å². The molecule has 1 amide bonds. The second kappa shape index (κ2) is 12.0. The fourth-order valence-electron chi connectivity index (χ4n) is 3.63. The minimum Gasteiger partial charge on any atom is -0.493 e. The van der Waals surface area contributed by atoms with E-state index in [1.165, 1.54) is 22.7 Å². The molecule has 11 heteroatoms. The number of hydrogen-bond acceptors (Lipinski definition) is 6. The number of rotatable bonds is 7. The topological polar surface area (TPSA) is 88.4 Å². The maximum Gasteiger partial charge on any atom is 0.336 e. The predicted octanol–water partition coefficient (Wildman–Crippen LogP) is 7.43. The van der Waals surface area contributed by atoms with E-state index in [1.807, 2.05) is 6.07 Å². The first-order chi connectivity index (χ1) is 18.1. The molecule has 0 saturated carbocycles. The fourth-order valence-corrected chi connectivity index (χ4v) is 5.86. The fraction of sp³-hybridized carbons (Fsp3) is 0.148. The van der Waals surface area contributed by atoms with Crippen molar-refractivity contribution in [3.05, 3.63) is 89.3 Å². The van der Waals surface area contributed by atoms with Crippen LogP contribution in [-0.4, -0.2) is 41.2 Å². The van der Waals surface area contributed by atoms with Crippen LogP contribution in [0.5, 0.6) is 11.5 Å². The van der Waals surface area contributed by atoms with Gasteiger partial charge in [-0.3, -0.25) is 9.69 Å². The summed E-state index contributed by atoms with van der Waals surface area (Å²) in [6.07, 6.45) is 1.76. The lowest BCUT2D eigenvalue weighted by Crippen LogP contribution is -2.23. The molecule has 1 heterocycles. The summed E-state index contributed by atoms with van der Waals surface area (Å²) in [5.41, 5.74) is 2.72. The molecule has 196 valence electrons. The van der Waals surface area contributed by atoms with Crippen LogP contribution in [0.15, 0.2) is 58.4 Å². The summed E-state index contributed by atoms with van der Waals surface area (Å²) in [5, 5.41) is 10.9. The molecule has 1 fully saturated rings. The number of ether oxygens (including phenoxy) is 2. The molecule has 3 aromatic carbocycles. The van der Waals surface area contributed by atoms with E-state index in [0.717, 1.165) is 14.7 Å². The van der Waals surface area contributed by atoms with Gasteiger partial charge in [0.1, 0.15) is 6.61 Å². The Labute approximate surface area is 247 Å². The molecule has 0 radical (unpaired) electrons. The first kappa shape index (κ1) is 28.3. The minimum absolute atomic E-state index is 0.168. The van der Waals surface area contributed by atoms with Crippen molar-refractivity contribution in [2.24, 2.45) is 4.99 Å². The zero-order chi connectivity index (χ0) is 27.6. The number of carboxylic acid groups (broad SMARTS) is 1. The lowest BCUT2D eigenvalue weighted by molar-refractivity contribution is -0.121. The Morgan fingerprint density at radius 1 is 1.21 bits per heavy atom. The Balaban J connectivity index is 1.60. The summed E-state index contributed by atoms with van der Waals surface area (Å²) in [6, 6.07) is 13.8. The van der Waals surface area contributed by atoms with E-state index in [4.69, 9.17) is 32.7 Å². The van der Waals surface area contributed by atoms with E-state index >= 15 is 0 Å². The highest BCUT2D eigenvalue weighted by atomic mass is 127. The maximum atomic E-state index is 13.0. The molecule has 7 nitrogen and oxygen atoms in total. The summed E-state index contributed by atoms with van der Waals surface area (Å²) in [7, 11) is 3.18. The summed E-state index contributed by atoms with van der Waals surface area (Å²) in [6.45, 7) is 1.92. The van der Waals surface area contributed by atoms with Gasteiger partial charge in [-0.25, -0.2) is 9.79 Å². The number of amidine groups is 1. The zero-order valence-electron chi connectivity index (χ0n) is 20.4. The smallest absolute Gasteiger partial charge is 0.336 e. The number of nitrogens with zero attached hydrogens (tertiary/aromatic N) is 2.